The van der Waals surface area contributed by atoms with Crippen LogP contribution in [0.25, 0.3) is 0 Å². The summed E-state index contributed by atoms with van der Waals surface area (Å²) < 4.78 is 0. The van der Waals surface area contributed by atoms with E-state index < -0.39 is 0 Å². The van der Waals surface area contributed by atoms with Gasteiger partial charge in [-0.2, -0.15) is 5.26 Å². The molecule has 0 aromatic carbocycles. The van der Waals surface area contributed by atoms with Gasteiger partial charge in [0.15, 0.2) is 0 Å². The average molecular weight is 194 g/mol. The van der Waals surface area contributed by atoms with E-state index in [1.54, 1.807) is 6.92 Å². The maximum absolute atomic E-state index is 11.5. The molecular formula is C10H14N2O2. The van der Waals surface area contributed by atoms with Crippen molar-refractivity contribution in [3.8, 4) is 6.07 Å². The molecule has 14 heavy (non-hydrogen) atoms. The first-order chi connectivity index (χ1) is 6.54. The molecule has 1 atom stereocenters. The Morgan fingerprint density at radius 2 is 2.00 bits per heavy atom. The molecule has 76 valence electrons. The van der Waals surface area contributed by atoms with Crippen molar-refractivity contribution in [3.63, 3.8) is 0 Å². The zero-order chi connectivity index (χ0) is 10.7. The Labute approximate surface area is 83.5 Å². The molecule has 1 aliphatic heterocycles. The third kappa shape index (κ3) is 2.32. The van der Waals surface area contributed by atoms with Crippen LogP contribution in [0.1, 0.15) is 26.7 Å². The molecule has 1 unspecified atom stereocenters. The first-order valence-electron chi connectivity index (χ1n) is 4.77. The van der Waals surface area contributed by atoms with Gasteiger partial charge in [-0.1, -0.05) is 6.92 Å². The van der Waals surface area contributed by atoms with Crippen LogP contribution < -0.4 is 0 Å². The lowest BCUT2D eigenvalue weighted by Gasteiger charge is -2.28. The van der Waals surface area contributed by atoms with Crippen molar-refractivity contribution >= 4 is 11.8 Å². The summed E-state index contributed by atoms with van der Waals surface area (Å²) in [5.41, 5.74) is 0. The number of likely N-dealkylation sites (tertiary alicyclic amines) is 1. The van der Waals surface area contributed by atoms with E-state index in [9.17, 15) is 9.59 Å². The van der Waals surface area contributed by atoms with Gasteiger partial charge in [0.05, 0.1) is 12.0 Å². The second-order valence-electron chi connectivity index (χ2n) is 3.94. The minimum absolute atomic E-state index is 0.142. The fourth-order valence-electron chi connectivity index (χ4n) is 1.55. The second kappa shape index (κ2) is 4.23. The van der Waals surface area contributed by atoms with E-state index in [1.807, 2.05) is 13.0 Å². The number of amides is 2. The molecule has 1 heterocycles. The molecule has 1 rings (SSSR count). The fourth-order valence-corrected chi connectivity index (χ4v) is 1.55. The fraction of sp³-hybridized carbons (Fsp3) is 0.700. The highest BCUT2D eigenvalue weighted by atomic mass is 16.2. The van der Waals surface area contributed by atoms with Gasteiger partial charge in [-0.25, -0.2) is 0 Å². The maximum atomic E-state index is 11.5. The number of carbonyl (C=O) groups excluding carboxylic acids is 2. The van der Waals surface area contributed by atoms with Gasteiger partial charge in [0.1, 0.15) is 0 Å². The maximum Gasteiger partial charge on any atom is 0.229 e. The van der Waals surface area contributed by atoms with Crippen LogP contribution in [0.3, 0.4) is 0 Å². The summed E-state index contributed by atoms with van der Waals surface area (Å²) in [5.74, 6) is -0.424. The minimum atomic E-state index is -0.281. The predicted molar refractivity (Wildman–Crippen MR) is 49.9 cm³/mol. The number of imide groups is 1. The van der Waals surface area contributed by atoms with Crippen molar-refractivity contribution in [2.45, 2.75) is 26.7 Å². The van der Waals surface area contributed by atoms with Crippen LogP contribution >= 0.6 is 0 Å². The minimum Gasteiger partial charge on any atom is -0.281 e. The highest BCUT2D eigenvalue weighted by Crippen LogP contribution is 2.19. The van der Waals surface area contributed by atoms with Crippen LogP contribution in [-0.4, -0.2) is 23.3 Å². The largest absolute Gasteiger partial charge is 0.281 e. The monoisotopic (exact) mass is 194 g/mol. The third-order valence-corrected chi connectivity index (χ3v) is 2.33. The number of nitrogens with zero attached hydrogens (tertiary/aromatic N) is 2. The average Bonchev–Trinajstić information content (AvgIpc) is 2.10. The van der Waals surface area contributed by atoms with Gasteiger partial charge in [-0.3, -0.25) is 14.5 Å². The molecular weight excluding hydrogens is 180 g/mol. The lowest BCUT2D eigenvalue weighted by molar-refractivity contribution is -0.150. The Bertz CT molecular complexity index is 275. The Morgan fingerprint density at radius 1 is 1.50 bits per heavy atom. The second-order valence-corrected chi connectivity index (χ2v) is 3.94. The van der Waals surface area contributed by atoms with E-state index >= 15 is 0 Å². The van der Waals surface area contributed by atoms with Crippen LogP contribution in [0.5, 0.6) is 0 Å². The van der Waals surface area contributed by atoms with E-state index in [2.05, 4.69) is 0 Å². The van der Waals surface area contributed by atoms with Crippen LogP contribution in [0.15, 0.2) is 0 Å². The molecule has 0 aromatic rings. The lowest BCUT2D eigenvalue weighted by atomic mass is 9.97. The molecule has 0 bridgehead atoms. The molecule has 0 aliphatic carbocycles. The summed E-state index contributed by atoms with van der Waals surface area (Å²) in [7, 11) is 0. The highest BCUT2D eigenvalue weighted by Gasteiger charge is 2.30. The summed E-state index contributed by atoms with van der Waals surface area (Å²) in [4.78, 5) is 24.1. The molecule has 0 N–H and O–H groups in total. The number of carbonyl (C=O) groups is 2. The van der Waals surface area contributed by atoms with Gasteiger partial charge in [0.2, 0.25) is 11.8 Å². The van der Waals surface area contributed by atoms with Crippen LogP contribution in [0.2, 0.25) is 0 Å². The van der Waals surface area contributed by atoms with Crippen molar-refractivity contribution in [2.75, 3.05) is 6.54 Å². The third-order valence-electron chi connectivity index (χ3n) is 2.33. The van der Waals surface area contributed by atoms with E-state index in [1.165, 1.54) is 4.90 Å². The lowest BCUT2D eigenvalue weighted by Crippen LogP contribution is -2.44. The van der Waals surface area contributed by atoms with Crippen molar-refractivity contribution < 1.29 is 9.59 Å². The highest BCUT2D eigenvalue weighted by molar-refractivity contribution is 5.97. The summed E-state index contributed by atoms with van der Waals surface area (Å²) in [5, 5.41) is 8.59. The van der Waals surface area contributed by atoms with Gasteiger partial charge in [0, 0.05) is 19.4 Å². The van der Waals surface area contributed by atoms with Crippen LogP contribution in [0.4, 0.5) is 0 Å². The van der Waals surface area contributed by atoms with Gasteiger partial charge in [-0.15, -0.1) is 0 Å². The number of hydrogen-bond donors (Lipinski definition) is 0. The Balaban J connectivity index is 2.64. The molecule has 2 amide bonds. The Morgan fingerprint density at radius 3 is 2.43 bits per heavy atom. The molecule has 1 fully saturated rings. The molecule has 1 saturated heterocycles. The van der Waals surface area contributed by atoms with Crippen molar-refractivity contribution in [3.05, 3.63) is 0 Å². The van der Waals surface area contributed by atoms with E-state index in [0.717, 1.165) is 0 Å². The summed E-state index contributed by atoms with van der Waals surface area (Å²) >= 11 is 0. The van der Waals surface area contributed by atoms with Gasteiger partial charge in [0.25, 0.3) is 0 Å². The summed E-state index contributed by atoms with van der Waals surface area (Å²) in [6.45, 7) is 3.83. The standard InChI is InChI=1S/C10H14N2O2/c1-7-3-9(13)12(10(14)4-7)6-8(2)5-11/h7-8H,3-4,6H2,1-2H3. The van der Waals surface area contributed by atoms with Gasteiger partial charge < -0.3 is 0 Å². The molecule has 1 aliphatic rings. The predicted octanol–water partition coefficient (Wildman–Crippen LogP) is 0.931. The SMILES string of the molecule is CC(C#N)CN1C(=O)CC(C)CC1=O. The Hall–Kier alpha value is -1.37. The zero-order valence-electron chi connectivity index (χ0n) is 8.49. The van der Waals surface area contributed by atoms with Crippen LogP contribution in [-0.2, 0) is 9.59 Å². The van der Waals surface area contributed by atoms with Crippen molar-refractivity contribution in [1.29, 1.82) is 5.26 Å². The normalized spacial score (nSPS) is 20.8. The topological polar surface area (TPSA) is 61.2 Å². The van der Waals surface area contributed by atoms with Crippen molar-refractivity contribution in [2.24, 2.45) is 11.8 Å². The molecule has 0 aromatic heterocycles. The first-order valence-corrected chi connectivity index (χ1v) is 4.77. The molecule has 4 heteroatoms. The number of nitriles is 1. The van der Waals surface area contributed by atoms with E-state index in [0.29, 0.717) is 12.8 Å². The van der Waals surface area contributed by atoms with Gasteiger partial charge >= 0.3 is 0 Å². The van der Waals surface area contributed by atoms with Crippen LogP contribution in [0, 0.1) is 23.2 Å². The van der Waals surface area contributed by atoms with Crippen molar-refractivity contribution in [1.82, 2.24) is 4.90 Å². The summed E-state index contributed by atoms with van der Waals surface area (Å²) in [6, 6.07) is 2.02. The summed E-state index contributed by atoms with van der Waals surface area (Å²) in [6.07, 6.45) is 0.841. The number of piperidine rings is 1. The quantitative estimate of drug-likeness (QED) is 0.614. The van der Waals surface area contributed by atoms with E-state index in [4.69, 9.17) is 5.26 Å². The van der Waals surface area contributed by atoms with Gasteiger partial charge in [-0.05, 0) is 12.8 Å². The molecule has 0 radical (unpaired) electrons. The Kier molecular flexibility index (Phi) is 3.23. The molecule has 0 spiro atoms. The molecule has 0 saturated carbocycles. The number of rotatable bonds is 2. The number of hydrogen-bond acceptors (Lipinski definition) is 3. The molecule has 4 nitrogen and oxygen atoms in total. The van der Waals surface area contributed by atoms with E-state index in [-0.39, 0.29) is 30.2 Å². The first kappa shape index (κ1) is 10.7. The smallest absolute Gasteiger partial charge is 0.229 e. The zero-order valence-corrected chi connectivity index (χ0v) is 8.49.